The van der Waals surface area contributed by atoms with Crippen molar-refractivity contribution in [3.8, 4) is 0 Å². The number of hydroxylamine groups is 1. The molecule has 0 radical (unpaired) electrons. The molecule has 10 heteroatoms. The van der Waals surface area contributed by atoms with Gasteiger partial charge < -0.3 is 19.8 Å². The Kier molecular flexibility index (Phi) is 8.06. The van der Waals surface area contributed by atoms with E-state index in [9.17, 15) is 19.5 Å². The minimum atomic E-state index is -1.36. The van der Waals surface area contributed by atoms with E-state index in [2.05, 4.69) is 20.8 Å². The fraction of sp³-hybridized carbons (Fsp3) is 0.417. The molecule has 0 saturated heterocycles. The summed E-state index contributed by atoms with van der Waals surface area (Å²) in [5.74, 6) is -2.14. The number of amides is 1. The number of carbonyl (C=O) groups is 2. The zero-order valence-corrected chi connectivity index (χ0v) is 19.5. The highest BCUT2D eigenvalue weighted by Crippen LogP contribution is 2.19. The van der Waals surface area contributed by atoms with Gasteiger partial charge in [0, 0.05) is 31.4 Å². The fourth-order valence-electron chi connectivity index (χ4n) is 3.26. The number of aliphatic carboxylic acids is 1. The highest BCUT2D eigenvalue weighted by molar-refractivity contribution is 5.96. The lowest BCUT2D eigenvalue weighted by Crippen LogP contribution is -2.38. The molecule has 3 rings (SSSR count). The molecule has 1 amide bonds. The molecule has 2 aromatic heterocycles. The Morgan fingerprint density at radius 1 is 1.26 bits per heavy atom. The number of anilines is 1. The quantitative estimate of drug-likeness (QED) is 0.190. The molecule has 0 spiro atoms. The predicted molar refractivity (Wildman–Crippen MR) is 126 cm³/mol. The van der Waals surface area contributed by atoms with Gasteiger partial charge in [-0.2, -0.15) is 0 Å². The topological polar surface area (TPSA) is 147 Å². The first-order chi connectivity index (χ1) is 16.1. The summed E-state index contributed by atoms with van der Waals surface area (Å²) in [5.41, 5.74) is 2.76. The van der Waals surface area contributed by atoms with Crippen LogP contribution >= 0.6 is 0 Å². The molecule has 1 atom stereocenters. The van der Waals surface area contributed by atoms with Crippen LogP contribution in [0.4, 0.5) is 5.95 Å². The molecule has 0 aliphatic carbocycles. The van der Waals surface area contributed by atoms with Crippen molar-refractivity contribution in [1.29, 1.82) is 0 Å². The highest BCUT2D eigenvalue weighted by atomic mass is 16.7. The third-order valence-electron chi connectivity index (χ3n) is 4.97. The molecule has 2 heterocycles. The van der Waals surface area contributed by atoms with Crippen molar-refractivity contribution < 1.29 is 24.0 Å². The molecule has 0 unspecified atom stereocenters. The van der Waals surface area contributed by atoms with Crippen molar-refractivity contribution in [2.45, 2.75) is 40.0 Å². The number of nitrogens with zero attached hydrogens (tertiary/aromatic N) is 1. The van der Waals surface area contributed by atoms with Crippen LogP contribution in [0.5, 0.6) is 0 Å². The maximum Gasteiger partial charge on any atom is 0.316 e. The van der Waals surface area contributed by atoms with Crippen LogP contribution in [0.2, 0.25) is 0 Å². The van der Waals surface area contributed by atoms with Gasteiger partial charge in [0.1, 0.15) is 17.3 Å². The van der Waals surface area contributed by atoms with Crippen molar-refractivity contribution in [2.75, 3.05) is 18.5 Å². The van der Waals surface area contributed by atoms with Crippen LogP contribution in [0.1, 0.15) is 38.5 Å². The van der Waals surface area contributed by atoms with E-state index in [-0.39, 0.29) is 23.9 Å². The molecule has 4 N–H and O–H groups in total. The van der Waals surface area contributed by atoms with Crippen LogP contribution in [0.3, 0.4) is 0 Å². The number of carbonyl (C=O) groups excluding carboxylic acids is 1. The van der Waals surface area contributed by atoms with Crippen molar-refractivity contribution in [3.05, 3.63) is 58.2 Å². The SMILES string of the molecule is CC(C)(C)CONC(=O)[C@H](Cc1ccc2oc(CCCNc3ncc[nH]3)cc(=O)c2c1)C(=O)O. The number of carboxylic acids is 1. The monoisotopic (exact) mass is 470 g/mol. The average molecular weight is 471 g/mol. The molecule has 3 aromatic rings. The molecule has 34 heavy (non-hydrogen) atoms. The van der Waals surface area contributed by atoms with Gasteiger partial charge >= 0.3 is 5.97 Å². The molecule has 0 aliphatic heterocycles. The van der Waals surface area contributed by atoms with E-state index in [0.717, 1.165) is 6.42 Å². The van der Waals surface area contributed by atoms with Gasteiger partial charge in [-0.25, -0.2) is 10.5 Å². The van der Waals surface area contributed by atoms with Crippen LogP contribution < -0.4 is 16.2 Å². The van der Waals surface area contributed by atoms with E-state index < -0.39 is 17.8 Å². The summed E-state index contributed by atoms with van der Waals surface area (Å²) in [6.07, 6.45) is 4.60. The maximum atomic E-state index is 12.7. The molecular weight excluding hydrogens is 440 g/mol. The first-order valence-corrected chi connectivity index (χ1v) is 11.1. The number of nitrogens with one attached hydrogen (secondary N) is 3. The van der Waals surface area contributed by atoms with Crippen molar-refractivity contribution in [3.63, 3.8) is 0 Å². The number of fused-ring (bicyclic) bond motifs is 1. The largest absolute Gasteiger partial charge is 0.481 e. The number of carboxylic acid groups (broad SMARTS) is 1. The van der Waals surface area contributed by atoms with Crippen molar-refractivity contribution >= 4 is 28.8 Å². The van der Waals surface area contributed by atoms with E-state index in [4.69, 9.17) is 9.25 Å². The summed E-state index contributed by atoms with van der Waals surface area (Å²) >= 11 is 0. The van der Waals surface area contributed by atoms with Gasteiger partial charge in [0.05, 0.1) is 12.0 Å². The number of benzene rings is 1. The van der Waals surface area contributed by atoms with Crippen LogP contribution in [0.15, 0.2) is 45.9 Å². The third kappa shape index (κ3) is 7.17. The minimum absolute atomic E-state index is 0.0877. The van der Waals surface area contributed by atoms with Gasteiger partial charge in [0.25, 0.3) is 5.91 Å². The lowest BCUT2D eigenvalue weighted by atomic mass is 9.97. The number of imidazole rings is 1. The van der Waals surface area contributed by atoms with E-state index in [1.807, 2.05) is 20.8 Å². The average Bonchev–Trinajstić information content (AvgIpc) is 3.28. The van der Waals surface area contributed by atoms with E-state index in [0.29, 0.717) is 41.2 Å². The molecular formula is C24H30N4O6. The number of aryl methyl sites for hydroxylation is 1. The second-order valence-corrected chi connectivity index (χ2v) is 9.29. The number of hydrogen-bond acceptors (Lipinski definition) is 7. The third-order valence-corrected chi connectivity index (χ3v) is 4.97. The Bertz CT molecular complexity index is 1180. The van der Waals surface area contributed by atoms with Gasteiger partial charge in [0.15, 0.2) is 11.4 Å². The van der Waals surface area contributed by atoms with Crippen LogP contribution in [-0.2, 0) is 27.3 Å². The maximum absolute atomic E-state index is 12.7. The second kappa shape index (κ2) is 11.0. The normalized spacial score (nSPS) is 12.4. The highest BCUT2D eigenvalue weighted by Gasteiger charge is 2.27. The summed E-state index contributed by atoms with van der Waals surface area (Å²) in [6.45, 7) is 6.68. The first-order valence-electron chi connectivity index (χ1n) is 11.1. The Labute approximate surface area is 196 Å². The molecule has 10 nitrogen and oxygen atoms in total. The molecule has 0 saturated carbocycles. The molecule has 0 fully saturated rings. The second-order valence-electron chi connectivity index (χ2n) is 9.29. The predicted octanol–water partition coefficient (Wildman–Crippen LogP) is 2.90. The van der Waals surface area contributed by atoms with Crippen LogP contribution in [-0.4, -0.2) is 40.1 Å². The summed E-state index contributed by atoms with van der Waals surface area (Å²) in [7, 11) is 0. The van der Waals surface area contributed by atoms with Crippen molar-refractivity contribution in [2.24, 2.45) is 11.3 Å². The Balaban J connectivity index is 1.64. The molecule has 182 valence electrons. The summed E-state index contributed by atoms with van der Waals surface area (Å²) in [6, 6.07) is 6.31. The minimum Gasteiger partial charge on any atom is -0.481 e. The number of hydrogen-bond donors (Lipinski definition) is 4. The summed E-state index contributed by atoms with van der Waals surface area (Å²) in [5, 5.41) is 13.0. The van der Waals surface area contributed by atoms with E-state index in [1.54, 1.807) is 30.6 Å². The Morgan fingerprint density at radius 2 is 2.06 bits per heavy atom. The van der Waals surface area contributed by atoms with Crippen molar-refractivity contribution in [1.82, 2.24) is 15.4 Å². The lowest BCUT2D eigenvalue weighted by molar-refractivity contribution is -0.153. The fourth-order valence-corrected chi connectivity index (χ4v) is 3.26. The van der Waals surface area contributed by atoms with E-state index in [1.165, 1.54) is 6.07 Å². The number of rotatable bonds is 11. The zero-order valence-electron chi connectivity index (χ0n) is 19.5. The number of aromatic nitrogens is 2. The number of aromatic amines is 1. The molecule has 0 bridgehead atoms. The van der Waals surface area contributed by atoms with Crippen LogP contribution in [0.25, 0.3) is 11.0 Å². The molecule has 0 aliphatic rings. The smallest absolute Gasteiger partial charge is 0.316 e. The van der Waals surface area contributed by atoms with E-state index >= 15 is 0 Å². The standard InChI is InChI=1S/C24H30N4O6/c1-24(2,3)14-33-28-21(30)18(22(31)32)12-15-6-7-20-17(11-15)19(29)13-16(34-20)5-4-8-25-23-26-9-10-27-23/h6-7,9-11,13,18H,4-5,8,12,14H2,1-3H3,(H,28,30)(H,31,32)(H2,25,26,27)/t18-/m0/s1. The summed E-state index contributed by atoms with van der Waals surface area (Å²) < 4.78 is 5.85. The van der Waals surface area contributed by atoms with Crippen LogP contribution in [0, 0.1) is 11.3 Å². The lowest BCUT2D eigenvalue weighted by Gasteiger charge is -2.19. The van der Waals surface area contributed by atoms with Gasteiger partial charge in [-0.3, -0.25) is 19.2 Å². The Morgan fingerprint density at radius 3 is 2.74 bits per heavy atom. The van der Waals surface area contributed by atoms with Gasteiger partial charge in [-0.15, -0.1) is 0 Å². The zero-order chi connectivity index (χ0) is 24.7. The first kappa shape index (κ1) is 25.0. The number of H-pyrrole nitrogens is 1. The molecule has 1 aromatic carbocycles. The van der Waals surface area contributed by atoms with Gasteiger partial charge in [-0.1, -0.05) is 26.8 Å². The Hall–Kier alpha value is -3.66. The summed E-state index contributed by atoms with van der Waals surface area (Å²) in [4.78, 5) is 48.9. The van der Waals surface area contributed by atoms with Gasteiger partial charge in [-0.05, 0) is 36.0 Å². The van der Waals surface area contributed by atoms with Gasteiger partial charge in [0.2, 0.25) is 0 Å².